The van der Waals surface area contributed by atoms with E-state index in [0.29, 0.717) is 54.2 Å². The zero-order chi connectivity index (χ0) is 25.5. The molecule has 2 amide bonds. The Bertz CT molecular complexity index is 1220. The molecule has 1 heterocycles. The number of carbonyl (C=O) groups excluding carboxylic acids is 3. The Balaban J connectivity index is 1.34. The number of para-hydroxylation sites is 3. The summed E-state index contributed by atoms with van der Waals surface area (Å²) >= 11 is 0. The number of rotatable bonds is 8. The van der Waals surface area contributed by atoms with Crippen molar-refractivity contribution in [2.75, 3.05) is 30.8 Å². The molecule has 3 aromatic rings. The lowest BCUT2D eigenvalue weighted by Gasteiger charge is -2.34. The molecule has 1 atom stereocenters. The summed E-state index contributed by atoms with van der Waals surface area (Å²) in [4.78, 5) is 41.0. The highest BCUT2D eigenvalue weighted by Crippen LogP contribution is 2.27. The number of nitrogens with one attached hydrogen (secondary N) is 2. The van der Waals surface area contributed by atoms with Gasteiger partial charge in [-0.05, 0) is 57.1 Å². The maximum absolute atomic E-state index is 13.1. The van der Waals surface area contributed by atoms with E-state index < -0.39 is 6.04 Å². The molecule has 1 aliphatic heterocycles. The molecule has 0 aliphatic carbocycles. The van der Waals surface area contributed by atoms with Crippen molar-refractivity contribution < 1.29 is 19.1 Å². The summed E-state index contributed by atoms with van der Waals surface area (Å²) in [5.41, 5.74) is 2.18. The van der Waals surface area contributed by atoms with Crippen LogP contribution in [-0.4, -0.2) is 48.7 Å². The van der Waals surface area contributed by atoms with Crippen molar-refractivity contribution in [2.45, 2.75) is 25.8 Å². The molecule has 186 valence electrons. The molecule has 1 saturated heterocycles. The van der Waals surface area contributed by atoms with Crippen LogP contribution >= 0.6 is 0 Å². The van der Waals surface area contributed by atoms with Gasteiger partial charge in [0.05, 0.1) is 24.5 Å². The van der Waals surface area contributed by atoms with Gasteiger partial charge in [0.25, 0.3) is 0 Å². The van der Waals surface area contributed by atoms with Crippen LogP contribution in [0.5, 0.6) is 5.75 Å². The number of methoxy groups -OCH3 is 1. The summed E-state index contributed by atoms with van der Waals surface area (Å²) in [6.45, 7) is 3.11. The first-order chi connectivity index (χ1) is 17.5. The minimum absolute atomic E-state index is 0.0374. The average molecular weight is 486 g/mol. The van der Waals surface area contributed by atoms with Gasteiger partial charge in [0.1, 0.15) is 5.75 Å². The van der Waals surface area contributed by atoms with Crippen molar-refractivity contribution in [1.82, 2.24) is 4.90 Å². The molecule has 3 aromatic carbocycles. The van der Waals surface area contributed by atoms with E-state index in [1.807, 2.05) is 49.4 Å². The monoisotopic (exact) mass is 485 g/mol. The van der Waals surface area contributed by atoms with Gasteiger partial charge in [-0.1, -0.05) is 54.6 Å². The summed E-state index contributed by atoms with van der Waals surface area (Å²) in [7, 11) is 1.58. The van der Waals surface area contributed by atoms with E-state index in [1.165, 1.54) is 0 Å². The van der Waals surface area contributed by atoms with E-state index in [2.05, 4.69) is 15.5 Å². The van der Waals surface area contributed by atoms with Crippen LogP contribution in [0.4, 0.5) is 11.4 Å². The zero-order valence-electron chi connectivity index (χ0n) is 20.6. The van der Waals surface area contributed by atoms with E-state index in [9.17, 15) is 14.4 Å². The normalized spacial score (nSPS) is 15.1. The van der Waals surface area contributed by atoms with Crippen LogP contribution in [0.15, 0.2) is 78.9 Å². The fraction of sp³-hybridized carbons (Fsp3) is 0.276. The summed E-state index contributed by atoms with van der Waals surface area (Å²) in [6, 6.07) is 23.0. The molecule has 7 nitrogen and oxygen atoms in total. The molecule has 0 bridgehead atoms. The fourth-order valence-corrected chi connectivity index (χ4v) is 4.47. The predicted molar refractivity (Wildman–Crippen MR) is 140 cm³/mol. The maximum Gasteiger partial charge on any atom is 0.241 e. The van der Waals surface area contributed by atoms with Crippen molar-refractivity contribution in [3.8, 4) is 5.75 Å². The van der Waals surface area contributed by atoms with E-state index in [1.54, 1.807) is 43.5 Å². The Morgan fingerprint density at radius 2 is 1.44 bits per heavy atom. The molecule has 7 heteroatoms. The second-order valence-electron chi connectivity index (χ2n) is 8.91. The third kappa shape index (κ3) is 5.80. The highest BCUT2D eigenvalue weighted by atomic mass is 16.5. The Kier molecular flexibility index (Phi) is 8.13. The van der Waals surface area contributed by atoms with Gasteiger partial charge in [-0.25, -0.2) is 0 Å². The van der Waals surface area contributed by atoms with Crippen molar-refractivity contribution in [3.63, 3.8) is 0 Å². The van der Waals surface area contributed by atoms with Crippen molar-refractivity contribution in [3.05, 3.63) is 90.0 Å². The summed E-state index contributed by atoms with van der Waals surface area (Å²) in [5, 5.41) is 5.91. The molecule has 2 N–H and O–H groups in total. The number of likely N-dealkylation sites (tertiary alicyclic amines) is 1. The molecule has 36 heavy (non-hydrogen) atoms. The van der Waals surface area contributed by atoms with Crippen LogP contribution in [0.25, 0.3) is 0 Å². The predicted octanol–water partition coefficient (Wildman–Crippen LogP) is 4.60. The van der Waals surface area contributed by atoms with Crippen LogP contribution in [0, 0.1) is 5.92 Å². The van der Waals surface area contributed by atoms with Crippen LogP contribution < -0.4 is 15.4 Å². The lowest BCUT2D eigenvalue weighted by atomic mass is 9.94. The smallest absolute Gasteiger partial charge is 0.241 e. The van der Waals surface area contributed by atoms with Crippen LogP contribution in [0.1, 0.15) is 35.7 Å². The number of carbonyl (C=O) groups is 3. The first-order valence-electron chi connectivity index (χ1n) is 12.2. The van der Waals surface area contributed by atoms with E-state index in [-0.39, 0.29) is 23.5 Å². The number of anilines is 2. The second kappa shape index (κ2) is 11.6. The molecule has 0 saturated carbocycles. The van der Waals surface area contributed by atoms with E-state index in [4.69, 9.17) is 4.74 Å². The van der Waals surface area contributed by atoms with Gasteiger partial charge in [-0.2, -0.15) is 0 Å². The highest BCUT2D eigenvalue weighted by Gasteiger charge is 2.30. The SMILES string of the molecule is COc1ccccc1NC(=O)C1CCN(C(C)C(=O)Nc2ccccc2C(=O)c2ccccc2)CC1. The molecule has 1 fully saturated rings. The lowest BCUT2D eigenvalue weighted by molar-refractivity contribution is -0.123. The van der Waals surface area contributed by atoms with Crippen molar-refractivity contribution in [2.24, 2.45) is 5.92 Å². The van der Waals surface area contributed by atoms with Gasteiger partial charge in [0.2, 0.25) is 11.8 Å². The third-order valence-electron chi connectivity index (χ3n) is 6.66. The molecular weight excluding hydrogens is 454 g/mol. The van der Waals surface area contributed by atoms with Gasteiger partial charge in [0, 0.05) is 17.0 Å². The standard InChI is InChI=1S/C29H31N3O4/c1-20(28(34)30-24-13-7-6-12-23(24)27(33)21-10-4-3-5-11-21)32-18-16-22(17-19-32)29(35)31-25-14-8-9-15-26(25)36-2/h3-15,20,22H,16-19H2,1-2H3,(H,30,34)(H,31,35). The molecule has 4 rings (SSSR count). The summed E-state index contributed by atoms with van der Waals surface area (Å²) in [6.07, 6.45) is 1.31. The molecule has 1 aliphatic rings. The Hall–Kier alpha value is -3.97. The summed E-state index contributed by atoms with van der Waals surface area (Å²) < 4.78 is 5.32. The zero-order valence-corrected chi connectivity index (χ0v) is 20.6. The van der Waals surface area contributed by atoms with Crippen molar-refractivity contribution >= 4 is 29.0 Å². The Morgan fingerprint density at radius 3 is 2.14 bits per heavy atom. The Morgan fingerprint density at radius 1 is 0.833 bits per heavy atom. The number of nitrogens with zero attached hydrogens (tertiary/aromatic N) is 1. The molecule has 1 unspecified atom stereocenters. The average Bonchev–Trinajstić information content (AvgIpc) is 2.93. The highest BCUT2D eigenvalue weighted by molar-refractivity contribution is 6.14. The van der Waals surface area contributed by atoms with E-state index in [0.717, 1.165) is 0 Å². The largest absolute Gasteiger partial charge is 0.495 e. The van der Waals surface area contributed by atoms with Crippen LogP contribution in [-0.2, 0) is 9.59 Å². The lowest BCUT2D eigenvalue weighted by Crippen LogP contribution is -2.47. The minimum Gasteiger partial charge on any atom is -0.495 e. The number of hydrogen-bond donors (Lipinski definition) is 2. The molecular formula is C29H31N3O4. The third-order valence-corrected chi connectivity index (χ3v) is 6.66. The number of amides is 2. The van der Waals surface area contributed by atoms with Gasteiger partial charge in [-0.3, -0.25) is 19.3 Å². The number of ketones is 1. The van der Waals surface area contributed by atoms with Crippen LogP contribution in [0.2, 0.25) is 0 Å². The first kappa shape index (κ1) is 25.1. The van der Waals surface area contributed by atoms with Gasteiger partial charge in [-0.15, -0.1) is 0 Å². The topological polar surface area (TPSA) is 87.7 Å². The molecule has 0 radical (unpaired) electrons. The fourth-order valence-electron chi connectivity index (χ4n) is 4.47. The van der Waals surface area contributed by atoms with Crippen molar-refractivity contribution in [1.29, 1.82) is 0 Å². The number of benzene rings is 3. The molecule has 0 spiro atoms. The van der Waals surface area contributed by atoms with Gasteiger partial charge in [0.15, 0.2) is 5.78 Å². The first-order valence-corrected chi connectivity index (χ1v) is 12.2. The minimum atomic E-state index is -0.400. The maximum atomic E-state index is 13.1. The van der Waals surface area contributed by atoms with E-state index >= 15 is 0 Å². The quantitative estimate of drug-likeness (QED) is 0.455. The molecule has 0 aromatic heterocycles. The second-order valence-corrected chi connectivity index (χ2v) is 8.91. The van der Waals surface area contributed by atoms with Gasteiger partial charge < -0.3 is 15.4 Å². The number of hydrogen-bond acceptors (Lipinski definition) is 5. The summed E-state index contributed by atoms with van der Waals surface area (Å²) in [5.74, 6) is 0.135. The number of piperidine rings is 1. The van der Waals surface area contributed by atoms with Gasteiger partial charge >= 0.3 is 0 Å². The van der Waals surface area contributed by atoms with Crippen LogP contribution in [0.3, 0.4) is 0 Å². The number of ether oxygens (including phenoxy) is 1. The Labute approximate surface area is 211 Å².